The van der Waals surface area contributed by atoms with Gasteiger partial charge >= 0.3 is 167 Å². The Morgan fingerprint density at radius 1 is 0.821 bits per heavy atom. The summed E-state index contributed by atoms with van der Waals surface area (Å²) in [5, 5.41) is 6.52. The van der Waals surface area contributed by atoms with Gasteiger partial charge in [0.2, 0.25) is 0 Å². The van der Waals surface area contributed by atoms with Gasteiger partial charge in [0, 0.05) is 0 Å². The molecule has 3 heterocycles. The first kappa shape index (κ1) is 16.4. The Morgan fingerprint density at radius 2 is 1.61 bits per heavy atom. The van der Waals surface area contributed by atoms with Crippen LogP contribution in [-0.2, 0) is 0 Å². The molecule has 136 valence electrons. The van der Waals surface area contributed by atoms with E-state index in [1.807, 2.05) is 6.20 Å². The van der Waals surface area contributed by atoms with Crippen molar-refractivity contribution in [2.75, 3.05) is 0 Å². The molecule has 0 bridgehead atoms. The molecule has 0 N–H and O–H groups in total. The zero-order chi connectivity index (χ0) is 19.2. The molecule has 0 radical (unpaired) electrons. The van der Waals surface area contributed by atoms with Crippen molar-refractivity contribution in [2.45, 2.75) is 24.2 Å². The summed E-state index contributed by atoms with van der Waals surface area (Å²) in [4.78, 5) is 4.87. The average Bonchev–Trinajstić information content (AvgIpc) is 2.99. The number of hydrogen-bond donors (Lipinski definition) is 0. The molecule has 2 nitrogen and oxygen atoms in total. The minimum absolute atomic E-state index is 1.13. The first-order valence-electron chi connectivity index (χ1n) is 9.91. The van der Waals surface area contributed by atoms with E-state index in [1.54, 1.807) is 4.40 Å². The summed E-state index contributed by atoms with van der Waals surface area (Å²) in [6.45, 7) is 2.19. The molecule has 28 heavy (non-hydrogen) atoms. The number of aromatic nitrogens is 2. The molecule has 0 amide bonds. The predicted octanol–water partition coefficient (Wildman–Crippen LogP) is 6.24. The van der Waals surface area contributed by atoms with Crippen LogP contribution in [0.1, 0.15) is 5.56 Å². The maximum absolute atomic E-state index is 4.87. The van der Waals surface area contributed by atoms with Crippen molar-refractivity contribution in [3.8, 4) is 0 Å². The van der Waals surface area contributed by atoms with Gasteiger partial charge in [-0.2, -0.15) is 0 Å². The molecule has 0 spiro atoms. The standard InChI is InChI=1S/C25H22GeN2/c1-15-11-19-18-7-5-6-8-21(18)28-22-14-17(26(2,3)4)13-16-9-10-27-24(23(16)22)20(12-15)25(19)28/h5-14H,1-4H3. The number of rotatable bonds is 1. The van der Waals surface area contributed by atoms with E-state index in [-0.39, 0.29) is 0 Å². The molecule has 0 unspecified atom stereocenters. The van der Waals surface area contributed by atoms with Crippen LogP contribution < -0.4 is 4.40 Å². The van der Waals surface area contributed by atoms with E-state index in [9.17, 15) is 0 Å². The molecule has 6 rings (SSSR count). The molecule has 3 aromatic carbocycles. The van der Waals surface area contributed by atoms with Crippen molar-refractivity contribution < 1.29 is 0 Å². The SMILES string of the molecule is Cc1cc2c3ccccc3n3c4c[c]([Ge]([CH3])([CH3])[CH3])cc5ccnc(c(c1)c23)c54. The van der Waals surface area contributed by atoms with Crippen LogP contribution >= 0.6 is 0 Å². The van der Waals surface area contributed by atoms with Gasteiger partial charge in [-0.25, -0.2) is 0 Å². The van der Waals surface area contributed by atoms with Gasteiger partial charge in [0.05, 0.1) is 0 Å². The van der Waals surface area contributed by atoms with Gasteiger partial charge in [-0.05, 0) is 0 Å². The van der Waals surface area contributed by atoms with Gasteiger partial charge in [-0.15, -0.1) is 0 Å². The van der Waals surface area contributed by atoms with Crippen molar-refractivity contribution in [3.63, 3.8) is 0 Å². The second-order valence-corrected chi connectivity index (χ2v) is 19.7. The van der Waals surface area contributed by atoms with Crippen molar-refractivity contribution >= 4 is 66.7 Å². The van der Waals surface area contributed by atoms with E-state index in [2.05, 4.69) is 83.2 Å². The number of fused-ring (bicyclic) bond motifs is 5. The number of hydrogen-bond acceptors (Lipinski definition) is 1. The number of pyridine rings is 2. The summed E-state index contributed by atoms with van der Waals surface area (Å²) in [5.41, 5.74) is 6.31. The Bertz CT molecular complexity index is 1550. The minimum atomic E-state index is -2.00. The summed E-state index contributed by atoms with van der Waals surface area (Å²) < 4.78 is 4.04. The molecule has 0 aliphatic carbocycles. The number of nitrogens with zero attached hydrogens (tertiary/aromatic N) is 2. The maximum atomic E-state index is 4.87. The first-order chi connectivity index (χ1) is 13.4. The quantitative estimate of drug-likeness (QED) is 0.174. The topological polar surface area (TPSA) is 17.3 Å². The van der Waals surface area contributed by atoms with Crippen LogP contribution in [0, 0.1) is 6.92 Å². The summed E-state index contributed by atoms with van der Waals surface area (Å²) in [6.07, 6.45) is 1.98. The fourth-order valence-corrected chi connectivity index (χ4v) is 7.21. The molecule has 6 aromatic rings. The second kappa shape index (κ2) is 5.27. The van der Waals surface area contributed by atoms with Gasteiger partial charge in [0.15, 0.2) is 0 Å². The zero-order valence-corrected chi connectivity index (χ0v) is 18.8. The molecule has 0 aliphatic heterocycles. The van der Waals surface area contributed by atoms with Gasteiger partial charge in [0.25, 0.3) is 0 Å². The Morgan fingerprint density at radius 3 is 2.43 bits per heavy atom. The number of benzene rings is 3. The summed E-state index contributed by atoms with van der Waals surface area (Å²) in [5.74, 6) is 7.42. The Kier molecular flexibility index (Phi) is 3.08. The van der Waals surface area contributed by atoms with E-state index in [4.69, 9.17) is 4.98 Å². The van der Waals surface area contributed by atoms with E-state index in [1.165, 1.54) is 49.0 Å². The third-order valence-electron chi connectivity index (χ3n) is 6.12. The molecular formula is C25H22GeN2. The van der Waals surface area contributed by atoms with E-state index in [0.29, 0.717) is 0 Å². The van der Waals surface area contributed by atoms with Crippen molar-refractivity contribution in [3.05, 3.63) is 66.4 Å². The molecule has 0 fully saturated rings. The monoisotopic (exact) mass is 424 g/mol. The summed E-state index contributed by atoms with van der Waals surface area (Å²) >= 11 is -2.00. The summed E-state index contributed by atoms with van der Waals surface area (Å²) in [7, 11) is 0. The molecular weight excluding hydrogens is 401 g/mol. The molecule has 0 atom stereocenters. The average molecular weight is 423 g/mol. The molecule has 3 heteroatoms. The third kappa shape index (κ3) is 2.01. The van der Waals surface area contributed by atoms with Crippen LogP contribution in [-0.4, -0.2) is 22.7 Å². The fraction of sp³-hybridized carbons (Fsp3) is 0.160. The normalized spacial score (nSPS) is 13.0. The van der Waals surface area contributed by atoms with Gasteiger partial charge in [-0.1, -0.05) is 0 Å². The van der Waals surface area contributed by atoms with E-state index in [0.717, 1.165) is 5.52 Å². The van der Waals surface area contributed by atoms with Crippen LogP contribution in [0.4, 0.5) is 0 Å². The van der Waals surface area contributed by atoms with Gasteiger partial charge < -0.3 is 0 Å². The number of para-hydroxylation sites is 1. The van der Waals surface area contributed by atoms with Crippen molar-refractivity contribution in [1.29, 1.82) is 0 Å². The van der Waals surface area contributed by atoms with Crippen LogP contribution in [0.3, 0.4) is 0 Å². The van der Waals surface area contributed by atoms with Crippen LogP contribution in [0.25, 0.3) is 49.0 Å². The molecule has 0 saturated heterocycles. The van der Waals surface area contributed by atoms with Crippen LogP contribution in [0.15, 0.2) is 60.8 Å². The van der Waals surface area contributed by atoms with E-state index < -0.39 is 13.3 Å². The van der Waals surface area contributed by atoms with Crippen LogP contribution in [0.2, 0.25) is 17.3 Å². The molecule has 0 aliphatic rings. The third-order valence-corrected chi connectivity index (χ3v) is 10.4. The molecule has 0 saturated carbocycles. The van der Waals surface area contributed by atoms with Gasteiger partial charge in [-0.3, -0.25) is 0 Å². The predicted molar refractivity (Wildman–Crippen MR) is 124 cm³/mol. The Labute approximate surface area is 166 Å². The summed E-state index contributed by atoms with van der Waals surface area (Å²) in [6, 6.07) is 20.5. The Balaban J connectivity index is 2.04. The van der Waals surface area contributed by atoms with Crippen molar-refractivity contribution in [1.82, 2.24) is 9.38 Å². The van der Waals surface area contributed by atoms with E-state index >= 15 is 0 Å². The van der Waals surface area contributed by atoms with Crippen molar-refractivity contribution in [2.24, 2.45) is 0 Å². The number of aryl methyl sites for hydroxylation is 1. The van der Waals surface area contributed by atoms with Gasteiger partial charge in [0.1, 0.15) is 0 Å². The first-order valence-corrected chi connectivity index (χ1v) is 17.3. The zero-order valence-electron chi connectivity index (χ0n) is 16.7. The molecule has 3 aromatic heterocycles. The second-order valence-electron chi connectivity index (χ2n) is 9.06. The fourth-order valence-electron chi connectivity index (χ4n) is 4.78. The van der Waals surface area contributed by atoms with Crippen LogP contribution in [0.5, 0.6) is 0 Å². The Hall–Kier alpha value is -2.59.